The number of Topliss-reactive ketones (excluding diaryl/α,β-unsaturated/α-hetero) is 1. The third-order valence-corrected chi connectivity index (χ3v) is 4.16. The highest BCUT2D eigenvalue weighted by Gasteiger charge is 2.14. The minimum Gasteiger partial charge on any atom is -0.493 e. The Kier molecular flexibility index (Phi) is 7.14. The van der Waals surface area contributed by atoms with Gasteiger partial charge in [0.05, 0.1) is 12.2 Å². The smallest absolute Gasteiger partial charge is 0.167 e. The molecule has 0 spiro atoms. The van der Waals surface area contributed by atoms with Gasteiger partial charge in [-0.25, -0.2) is 0 Å². The molecule has 0 saturated carbocycles. The third kappa shape index (κ3) is 5.20. The van der Waals surface area contributed by atoms with E-state index in [9.17, 15) is 4.79 Å². The van der Waals surface area contributed by atoms with Crippen LogP contribution in [0.4, 0.5) is 0 Å². The van der Waals surface area contributed by atoms with E-state index in [0.717, 1.165) is 17.1 Å². The van der Waals surface area contributed by atoms with Crippen molar-refractivity contribution in [3.05, 3.63) is 29.3 Å². The van der Waals surface area contributed by atoms with Gasteiger partial charge in [0.15, 0.2) is 5.78 Å². The summed E-state index contributed by atoms with van der Waals surface area (Å²) in [4.78, 5) is 12.4. The lowest BCUT2D eigenvalue weighted by Crippen LogP contribution is -2.07. The third-order valence-electron chi connectivity index (χ3n) is 3.05. The van der Waals surface area contributed by atoms with Gasteiger partial charge >= 0.3 is 0 Å². The maximum Gasteiger partial charge on any atom is 0.167 e. The Bertz CT molecular complexity index is 439. The molecule has 1 aromatic rings. The van der Waals surface area contributed by atoms with E-state index in [4.69, 9.17) is 4.74 Å². The zero-order valence-corrected chi connectivity index (χ0v) is 14.0. The van der Waals surface area contributed by atoms with Crippen molar-refractivity contribution in [2.24, 2.45) is 0 Å². The Morgan fingerprint density at radius 3 is 2.50 bits per heavy atom. The second-order valence-corrected chi connectivity index (χ2v) is 7.12. The van der Waals surface area contributed by atoms with Crippen molar-refractivity contribution in [1.29, 1.82) is 0 Å². The minimum atomic E-state index is 0.184. The summed E-state index contributed by atoms with van der Waals surface area (Å²) in [7, 11) is 0. The van der Waals surface area contributed by atoms with Gasteiger partial charge in [-0.15, -0.1) is 0 Å². The van der Waals surface area contributed by atoms with Crippen LogP contribution >= 0.6 is 11.8 Å². The molecular formula is C17H26O2S. The van der Waals surface area contributed by atoms with Crippen molar-refractivity contribution < 1.29 is 9.53 Å². The summed E-state index contributed by atoms with van der Waals surface area (Å²) in [6, 6.07) is 5.98. The Hall–Kier alpha value is -0.960. The molecule has 0 heterocycles. The van der Waals surface area contributed by atoms with Gasteiger partial charge in [-0.3, -0.25) is 4.79 Å². The van der Waals surface area contributed by atoms with Crippen LogP contribution < -0.4 is 4.74 Å². The molecule has 0 saturated heterocycles. The molecule has 1 aromatic carbocycles. The zero-order valence-electron chi connectivity index (χ0n) is 13.2. The van der Waals surface area contributed by atoms with Gasteiger partial charge in [-0.05, 0) is 35.8 Å². The van der Waals surface area contributed by atoms with Crippen LogP contribution in [0.5, 0.6) is 5.75 Å². The highest BCUT2D eigenvalue weighted by molar-refractivity contribution is 7.99. The van der Waals surface area contributed by atoms with Crippen LogP contribution in [0, 0.1) is 0 Å². The van der Waals surface area contributed by atoms with Crippen LogP contribution in [0.3, 0.4) is 0 Å². The van der Waals surface area contributed by atoms with Crippen LogP contribution in [-0.2, 0) is 0 Å². The van der Waals surface area contributed by atoms with E-state index in [1.165, 1.54) is 5.56 Å². The fraction of sp³-hybridized carbons (Fsp3) is 0.588. The van der Waals surface area contributed by atoms with Gasteiger partial charge in [0.1, 0.15) is 5.75 Å². The van der Waals surface area contributed by atoms with Crippen LogP contribution in [0.15, 0.2) is 18.2 Å². The average molecular weight is 294 g/mol. The second-order valence-electron chi connectivity index (χ2n) is 5.44. The summed E-state index contributed by atoms with van der Waals surface area (Å²) in [5.41, 5.74) is 1.93. The number of thioether (sulfide) groups is 1. The number of carbonyl (C=O) groups is 1. The molecule has 20 heavy (non-hydrogen) atoms. The van der Waals surface area contributed by atoms with E-state index in [2.05, 4.69) is 33.8 Å². The molecule has 0 N–H and O–H groups in total. The molecule has 0 unspecified atom stereocenters. The molecule has 2 nitrogen and oxygen atoms in total. The first kappa shape index (κ1) is 17.1. The summed E-state index contributed by atoms with van der Waals surface area (Å²) in [6.45, 7) is 11.1. The molecule has 112 valence electrons. The maximum atomic E-state index is 12.4. The fourth-order valence-corrected chi connectivity index (χ4v) is 2.70. The fourth-order valence-electron chi connectivity index (χ4n) is 1.93. The van der Waals surface area contributed by atoms with Crippen molar-refractivity contribution >= 4 is 17.5 Å². The quantitative estimate of drug-likeness (QED) is 0.636. The topological polar surface area (TPSA) is 26.3 Å². The van der Waals surface area contributed by atoms with E-state index in [1.807, 2.05) is 30.8 Å². The molecule has 0 aliphatic carbocycles. The van der Waals surface area contributed by atoms with Crippen LogP contribution in [0.2, 0.25) is 0 Å². The maximum absolute atomic E-state index is 12.4. The molecule has 0 aromatic heterocycles. The molecule has 0 amide bonds. The molecule has 1 rings (SSSR count). The first-order valence-corrected chi connectivity index (χ1v) is 8.42. The average Bonchev–Trinajstić information content (AvgIpc) is 2.38. The first-order chi connectivity index (χ1) is 9.45. The summed E-state index contributed by atoms with van der Waals surface area (Å²) < 4.78 is 5.59. The van der Waals surface area contributed by atoms with Gasteiger partial charge in [0.2, 0.25) is 0 Å². The van der Waals surface area contributed by atoms with Crippen LogP contribution in [-0.4, -0.2) is 23.4 Å². The first-order valence-electron chi connectivity index (χ1n) is 7.37. The molecule has 0 bridgehead atoms. The van der Waals surface area contributed by atoms with E-state index < -0.39 is 0 Å². The lowest BCUT2D eigenvalue weighted by atomic mass is 9.98. The van der Waals surface area contributed by atoms with Crippen molar-refractivity contribution in [3.8, 4) is 5.75 Å². The van der Waals surface area contributed by atoms with E-state index >= 15 is 0 Å². The van der Waals surface area contributed by atoms with Crippen molar-refractivity contribution in [2.75, 3.05) is 12.4 Å². The molecular weight excluding hydrogens is 268 g/mol. The lowest BCUT2D eigenvalue weighted by molar-refractivity contribution is 0.0985. The Morgan fingerprint density at radius 1 is 1.25 bits per heavy atom. The molecule has 0 aliphatic heterocycles. The number of carbonyl (C=O) groups excluding carboxylic acids is 1. The number of ketones is 1. The Morgan fingerprint density at radius 2 is 1.95 bits per heavy atom. The standard InChI is InChI=1S/C17H26O2S/c1-6-19-17-8-7-14(12(2)3)11-15(17)16(18)9-10-20-13(4)5/h7-8,11-13H,6,9-10H2,1-5H3. The second kappa shape index (κ2) is 8.35. The summed E-state index contributed by atoms with van der Waals surface area (Å²) >= 11 is 1.82. The van der Waals surface area contributed by atoms with Crippen LogP contribution in [0.1, 0.15) is 62.9 Å². The van der Waals surface area contributed by atoms with E-state index in [0.29, 0.717) is 24.2 Å². The number of ether oxygens (including phenoxy) is 1. The summed E-state index contributed by atoms with van der Waals surface area (Å²) in [5, 5.41) is 0.566. The molecule has 3 heteroatoms. The monoisotopic (exact) mass is 294 g/mol. The van der Waals surface area contributed by atoms with Gasteiger partial charge in [0, 0.05) is 12.2 Å². The van der Waals surface area contributed by atoms with E-state index in [1.54, 1.807) is 0 Å². The van der Waals surface area contributed by atoms with Gasteiger partial charge in [-0.2, -0.15) is 11.8 Å². The normalized spacial score (nSPS) is 11.2. The summed E-state index contributed by atoms with van der Waals surface area (Å²) in [6.07, 6.45) is 0.574. The Balaban J connectivity index is 2.87. The highest BCUT2D eigenvalue weighted by Crippen LogP contribution is 2.26. The van der Waals surface area contributed by atoms with Gasteiger partial charge in [-0.1, -0.05) is 33.8 Å². The molecule has 0 fully saturated rings. The van der Waals surface area contributed by atoms with Crippen molar-refractivity contribution in [3.63, 3.8) is 0 Å². The van der Waals surface area contributed by atoms with Crippen LogP contribution in [0.25, 0.3) is 0 Å². The molecule has 0 atom stereocenters. The summed E-state index contributed by atoms with van der Waals surface area (Å²) in [5.74, 6) is 2.19. The lowest BCUT2D eigenvalue weighted by Gasteiger charge is -2.13. The number of benzene rings is 1. The minimum absolute atomic E-state index is 0.184. The van der Waals surface area contributed by atoms with Crippen molar-refractivity contribution in [1.82, 2.24) is 0 Å². The molecule has 0 radical (unpaired) electrons. The van der Waals surface area contributed by atoms with Gasteiger partial charge < -0.3 is 4.74 Å². The number of hydrogen-bond acceptors (Lipinski definition) is 3. The predicted molar refractivity (Wildman–Crippen MR) is 88.2 cm³/mol. The highest BCUT2D eigenvalue weighted by atomic mass is 32.2. The Labute approximate surface area is 127 Å². The van der Waals surface area contributed by atoms with E-state index in [-0.39, 0.29) is 5.78 Å². The SMILES string of the molecule is CCOc1ccc(C(C)C)cc1C(=O)CCSC(C)C. The number of rotatable bonds is 8. The zero-order chi connectivity index (χ0) is 15.1. The number of hydrogen-bond donors (Lipinski definition) is 0. The van der Waals surface area contributed by atoms with Crippen molar-refractivity contribution in [2.45, 2.75) is 52.2 Å². The predicted octanol–water partition coefficient (Wildman–Crippen LogP) is 4.92. The molecule has 0 aliphatic rings. The van der Waals surface area contributed by atoms with Gasteiger partial charge in [0.25, 0.3) is 0 Å². The largest absolute Gasteiger partial charge is 0.493 e.